The fourth-order valence-electron chi connectivity index (χ4n) is 2.11. The van der Waals surface area contributed by atoms with Gasteiger partial charge in [0.15, 0.2) is 0 Å². The Bertz CT molecular complexity index is 642. The van der Waals surface area contributed by atoms with Gasteiger partial charge in [-0.15, -0.1) is 0 Å². The molecule has 5 heteroatoms. The van der Waals surface area contributed by atoms with E-state index in [1.54, 1.807) is 24.3 Å². The van der Waals surface area contributed by atoms with Crippen LogP contribution in [0.15, 0.2) is 36.4 Å². The lowest BCUT2D eigenvalue weighted by Gasteiger charge is -2.06. The van der Waals surface area contributed by atoms with Crippen LogP contribution in [0, 0.1) is 0 Å². The number of hydrogen-bond donors (Lipinski definition) is 2. The van der Waals surface area contributed by atoms with E-state index < -0.39 is 0 Å². The molecule has 2 N–H and O–H groups in total. The average molecular weight is 274 g/mol. The minimum Gasteiger partial charge on any atom is -0.384 e. The maximum absolute atomic E-state index is 12.1. The van der Waals surface area contributed by atoms with Crippen molar-refractivity contribution in [1.29, 1.82) is 0 Å². The van der Waals surface area contributed by atoms with E-state index in [2.05, 4.69) is 15.6 Å². The molecule has 0 aliphatic carbocycles. The second-order valence-corrected chi connectivity index (χ2v) is 4.74. The van der Waals surface area contributed by atoms with Gasteiger partial charge in [0, 0.05) is 17.8 Å². The Morgan fingerprint density at radius 1 is 1.32 bits per heavy atom. The summed E-state index contributed by atoms with van der Waals surface area (Å²) in [6, 6.07) is 10.8. The minimum atomic E-state index is -0.176. The number of pyridine rings is 1. The molecule has 0 unspecified atom stereocenters. The summed E-state index contributed by atoms with van der Waals surface area (Å²) >= 11 is 5.78. The molecule has 0 bridgehead atoms. The van der Waals surface area contributed by atoms with Gasteiger partial charge in [-0.05, 0) is 42.3 Å². The van der Waals surface area contributed by atoms with Crippen LogP contribution in [0.2, 0.25) is 5.15 Å². The summed E-state index contributed by atoms with van der Waals surface area (Å²) in [5.41, 5.74) is 2.91. The summed E-state index contributed by atoms with van der Waals surface area (Å²) in [4.78, 5) is 16.1. The molecule has 1 aliphatic rings. The number of benzene rings is 1. The molecule has 0 spiro atoms. The Labute approximate surface area is 115 Å². The number of nitrogens with zero attached hydrogens (tertiary/aromatic N) is 1. The van der Waals surface area contributed by atoms with Crippen molar-refractivity contribution in [2.45, 2.75) is 6.42 Å². The number of amides is 1. The van der Waals surface area contributed by atoms with E-state index in [-0.39, 0.29) is 5.91 Å². The van der Waals surface area contributed by atoms with Gasteiger partial charge in [0.25, 0.3) is 5.91 Å². The third kappa shape index (κ3) is 2.53. The quantitative estimate of drug-likeness (QED) is 0.827. The first-order chi connectivity index (χ1) is 9.22. The zero-order valence-corrected chi connectivity index (χ0v) is 10.9. The predicted octanol–water partition coefficient (Wildman–Crippen LogP) is 2.96. The Kier molecular flexibility index (Phi) is 3.09. The van der Waals surface area contributed by atoms with Crippen LogP contribution >= 0.6 is 11.6 Å². The van der Waals surface area contributed by atoms with Crippen LogP contribution in [0.25, 0.3) is 0 Å². The first kappa shape index (κ1) is 12.0. The number of carbonyl (C=O) groups excluding carboxylic acids is 1. The zero-order valence-electron chi connectivity index (χ0n) is 10.1. The number of rotatable bonds is 2. The SMILES string of the molecule is O=C(Nc1cccc(Cl)n1)c1ccc2c(c1)CCN2. The summed E-state index contributed by atoms with van der Waals surface area (Å²) in [6.45, 7) is 0.927. The van der Waals surface area contributed by atoms with Crippen LogP contribution in [0.5, 0.6) is 0 Å². The van der Waals surface area contributed by atoms with Gasteiger partial charge < -0.3 is 10.6 Å². The lowest BCUT2D eigenvalue weighted by atomic mass is 10.1. The van der Waals surface area contributed by atoms with Gasteiger partial charge in [-0.2, -0.15) is 0 Å². The van der Waals surface area contributed by atoms with Gasteiger partial charge in [0.05, 0.1) is 0 Å². The third-order valence-corrected chi connectivity index (χ3v) is 3.24. The number of carbonyl (C=O) groups is 1. The van der Waals surface area contributed by atoms with Gasteiger partial charge in [0.2, 0.25) is 0 Å². The first-order valence-electron chi connectivity index (χ1n) is 6.03. The molecule has 0 saturated carbocycles. The highest BCUT2D eigenvalue weighted by Gasteiger charge is 2.13. The molecular formula is C14H12ClN3O. The average Bonchev–Trinajstić information content (AvgIpc) is 2.85. The second-order valence-electron chi connectivity index (χ2n) is 4.35. The number of nitrogens with one attached hydrogen (secondary N) is 2. The molecule has 1 aromatic carbocycles. The van der Waals surface area contributed by atoms with Gasteiger partial charge in [0.1, 0.15) is 11.0 Å². The van der Waals surface area contributed by atoms with Crippen LogP contribution < -0.4 is 10.6 Å². The van der Waals surface area contributed by atoms with Crippen molar-refractivity contribution in [2.75, 3.05) is 17.2 Å². The van der Waals surface area contributed by atoms with Crippen molar-refractivity contribution in [3.63, 3.8) is 0 Å². The molecule has 0 radical (unpaired) electrons. The second kappa shape index (κ2) is 4.90. The third-order valence-electron chi connectivity index (χ3n) is 3.03. The molecule has 19 heavy (non-hydrogen) atoms. The summed E-state index contributed by atoms with van der Waals surface area (Å²) in [5, 5.41) is 6.35. The molecule has 0 fully saturated rings. The molecule has 1 aliphatic heterocycles. The van der Waals surface area contributed by atoms with E-state index in [9.17, 15) is 4.79 Å². The van der Waals surface area contributed by atoms with Crippen LogP contribution in [0.3, 0.4) is 0 Å². The van der Waals surface area contributed by atoms with Crippen LogP contribution in [-0.2, 0) is 6.42 Å². The van der Waals surface area contributed by atoms with Gasteiger partial charge in [-0.1, -0.05) is 17.7 Å². The molecule has 1 amide bonds. The van der Waals surface area contributed by atoms with Crippen molar-refractivity contribution < 1.29 is 4.79 Å². The molecule has 4 nitrogen and oxygen atoms in total. The summed E-state index contributed by atoms with van der Waals surface area (Å²) in [5.74, 6) is 0.278. The van der Waals surface area contributed by atoms with E-state index >= 15 is 0 Å². The number of fused-ring (bicyclic) bond motifs is 1. The van der Waals surface area contributed by atoms with Crippen LogP contribution in [0.4, 0.5) is 11.5 Å². The van der Waals surface area contributed by atoms with Crippen molar-refractivity contribution in [3.05, 3.63) is 52.7 Å². The fourth-order valence-corrected chi connectivity index (χ4v) is 2.28. The topological polar surface area (TPSA) is 54.0 Å². The highest BCUT2D eigenvalue weighted by Crippen LogP contribution is 2.23. The summed E-state index contributed by atoms with van der Waals surface area (Å²) < 4.78 is 0. The van der Waals surface area contributed by atoms with Crippen molar-refractivity contribution in [1.82, 2.24) is 4.98 Å². The molecule has 1 aromatic heterocycles. The highest BCUT2D eigenvalue weighted by atomic mass is 35.5. The van der Waals surface area contributed by atoms with Gasteiger partial charge in [-0.3, -0.25) is 4.79 Å². The summed E-state index contributed by atoms with van der Waals surface area (Å²) in [6.07, 6.45) is 0.950. The Morgan fingerprint density at radius 3 is 3.05 bits per heavy atom. The first-order valence-corrected chi connectivity index (χ1v) is 6.41. The molecular weight excluding hydrogens is 262 g/mol. The monoisotopic (exact) mass is 273 g/mol. The normalized spacial score (nSPS) is 12.7. The molecule has 0 saturated heterocycles. The molecule has 2 aromatic rings. The van der Waals surface area contributed by atoms with Gasteiger partial charge in [-0.25, -0.2) is 4.98 Å². The van der Waals surface area contributed by atoms with Crippen molar-refractivity contribution in [3.8, 4) is 0 Å². The Hall–Kier alpha value is -2.07. The number of anilines is 2. The Morgan fingerprint density at radius 2 is 2.21 bits per heavy atom. The minimum absolute atomic E-state index is 0.176. The molecule has 0 atom stereocenters. The van der Waals surface area contributed by atoms with Crippen molar-refractivity contribution in [2.24, 2.45) is 0 Å². The smallest absolute Gasteiger partial charge is 0.256 e. The number of hydrogen-bond acceptors (Lipinski definition) is 3. The van der Waals surface area contributed by atoms with E-state index in [0.29, 0.717) is 16.5 Å². The largest absolute Gasteiger partial charge is 0.384 e. The van der Waals surface area contributed by atoms with E-state index in [1.165, 1.54) is 5.56 Å². The van der Waals surface area contributed by atoms with E-state index in [0.717, 1.165) is 18.7 Å². The fraction of sp³-hybridized carbons (Fsp3) is 0.143. The van der Waals surface area contributed by atoms with E-state index in [1.807, 2.05) is 12.1 Å². The maximum Gasteiger partial charge on any atom is 0.256 e. The molecule has 96 valence electrons. The molecule has 2 heterocycles. The van der Waals surface area contributed by atoms with Crippen LogP contribution in [0.1, 0.15) is 15.9 Å². The van der Waals surface area contributed by atoms with Crippen LogP contribution in [-0.4, -0.2) is 17.4 Å². The predicted molar refractivity (Wildman–Crippen MR) is 75.8 cm³/mol. The molecule has 3 rings (SSSR count). The van der Waals surface area contributed by atoms with Crippen molar-refractivity contribution >= 4 is 29.0 Å². The standard InChI is InChI=1S/C14H12ClN3O/c15-12-2-1-3-13(17-12)18-14(19)10-4-5-11-9(8-10)6-7-16-11/h1-5,8,16H,6-7H2,(H,17,18,19). The lowest BCUT2D eigenvalue weighted by molar-refractivity contribution is 0.102. The lowest BCUT2D eigenvalue weighted by Crippen LogP contribution is -2.13. The van der Waals surface area contributed by atoms with E-state index in [4.69, 9.17) is 11.6 Å². The van der Waals surface area contributed by atoms with Gasteiger partial charge >= 0.3 is 0 Å². The zero-order chi connectivity index (χ0) is 13.2. The number of aromatic nitrogens is 1. The Balaban J connectivity index is 1.81. The highest BCUT2D eigenvalue weighted by molar-refractivity contribution is 6.29. The summed E-state index contributed by atoms with van der Waals surface area (Å²) in [7, 11) is 0. The number of halogens is 1. The maximum atomic E-state index is 12.1.